The molecule has 0 amide bonds. The van der Waals surface area contributed by atoms with Crippen molar-refractivity contribution in [2.75, 3.05) is 6.54 Å². The molecule has 4 heteroatoms. The number of para-hydroxylation sites is 1. The molecule has 1 aromatic heterocycles. The second kappa shape index (κ2) is 6.29. The second-order valence-electron chi connectivity index (χ2n) is 5.00. The van der Waals surface area contributed by atoms with Crippen molar-refractivity contribution in [2.45, 2.75) is 13.0 Å². The van der Waals surface area contributed by atoms with Gasteiger partial charge < -0.3 is 10.3 Å². The van der Waals surface area contributed by atoms with Gasteiger partial charge in [0.15, 0.2) is 0 Å². The van der Waals surface area contributed by atoms with Crippen molar-refractivity contribution in [1.82, 2.24) is 10.3 Å². The second-order valence-corrected chi connectivity index (χ2v) is 5.41. The van der Waals surface area contributed by atoms with E-state index in [0.717, 1.165) is 18.5 Å². The third-order valence-corrected chi connectivity index (χ3v) is 3.88. The third-order valence-electron chi connectivity index (χ3n) is 3.59. The van der Waals surface area contributed by atoms with E-state index in [9.17, 15) is 4.39 Å². The number of nitrogens with one attached hydrogen (secondary N) is 2. The molecule has 0 radical (unpaired) electrons. The van der Waals surface area contributed by atoms with E-state index in [-0.39, 0.29) is 10.8 Å². The quantitative estimate of drug-likeness (QED) is 0.676. The van der Waals surface area contributed by atoms with Crippen LogP contribution >= 0.6 is 11.6 Å². The average Bonchev–Trinajstić information content (AvgIpc) is 2.91. The smallest absolute Gasteiger partial charge is 0.146 e. The molecule has 2 N–H and O–H groups in total. The van der Waals surface area contributed by atoms with Crippen LogP contribution in [-0.4, -0.2) is 11.5 Å². The number of aromatic nitrogens is 1. The number of hydrogen-bond acceptors (Lipinski definition) is 1. The van der Waals surface area contributed by atoms with E-state index in [1.807, 2.05) is 18.3 Å². The number of H-pyrrole nitrogens is 1. The van der Waals surface area contributed by atoms with E-state index in [1.165, 1.54) is 10.9 Å². The molecule has 0 atom stereocenters. The summed E-state index contributed by atoms with van der Waals surface area (Å²) in [5.41, 5.74) is 3.01. The molecule has 0 saturated carbocycles. The molecule has 3 rings (SSSR count). The number of hydrogen-bond donors (Lipinski definition) is 2. The molecular weight excluding hydrogens is 287 g/mol. The molecule has 0 spiro atoms. The first-order valence-electron chi connectivity index (χ1n) is 6.94. The van der Waals surface area contributed by atoms with Gasteiger partial charge in [0, 0.05) is 29.2 Å². The minimum atomic E-state index is -0.334. The SMILES string of the molecule is Fc1c(Cl)cccc1CNCCc1c[nH]c2ccccc12. The molecule has 0 fully saturated rings. The highest BCUT2D eigenvalue weighted by molar-refractivity contribution is 6.30. The van der Waals surface area contributed by atoms with Crippen LogP contribution in [0.15, 0.2) is 48.7 Å². The van der Waals surface area contributed by atoms with E-state index in [0.29, 0.717) is 12.1 Å². The summed E-state index contributed by atoms with van der Waals surface area (Å²) in [4.78, 5) is 3.26. The highest BCUT2D eigenvalue weighted by atomic mass is 35.5. The van der Waals surface area contributed by atoms with Crippen LogP contribution in [0.25, 0.3) is 10.9 Å². The van der Waals surface area contributed by atoms with Crippen LogP contribution in [-0.2, 0) is 13.0 Å². The number of benzene rings is 2. The molecule has 0 aliphatic carbocycles. The van der Waals surface area contributed by atoms with Gasteiger partial charge in [-0.1, -0.05) is 41.9 Å². The van der Waals surface area contributed by atoms with Crippen LogP contribution in [0.1, 0.15) is 11.1 Å². The van der Waals surface area contributed by atoms with Crippen molar-refractivity contribution in [3.8, 4) is 0 Å². The molecule has 0 aliphatic heterocycles. The lowest BCUT2D eigenvalue weighted by Crippen LogP contribution is -2.17. The molecule has 0 unspecified atom stereocenters. The van der Waals surface area contributed by atoms with E-state index in [1.54, 1.807) is 18.2 Å². The summed E-state index contributed by atoms with van der Waals surface area (Å²) >= 11 is 5.77. The number of fused-ring (bicyclic) bond motifs is 1. The molecule has 1 heterocycles. The zero-order valence-corrected chi connectivity index (χ0v) is 12.3. The summed E-state index contributed by atoms with van der Waals surface area (Å²) < 4.78 is 13.7. The number of aromatic amines is 1. The van der Waals surface area contributed by atoms with Gasteiger partial charge in [0.1, 0.15) is 5.82 Å². The predicted octanol–water partition coefficient (Wildman–Crippen LogP) is 4.29. The first kappa shape index (κ1) is 14.1. The molecular formula is C17H16ClFN2. The number of rotatable bonds is 5. The van der Waals surface area contributed by atoms with E-state index >= 15 is 0 Å². The Morgan fingerprint density at radius 3 is 2.81 bits per heavy atom. The Kier molecular flexibility index (Phi) is 4.23. The van der Waals surface area contributed by atoms with Crippen molar-refractivity contribution in [1.29, 1.82) is 0 Å². The zero-order valence-electron chi connectivity index (χ0n) is 11.5. The first-order valence-corrected chi connectivity index (χ1v) is 7.32. The summed E-state index contributed by atoms with van der Waals surface area (Å²) in [6.07, 6.45) is 2.93. The Morgan fingerprint density at radius 1 is 1.05 bits per heavy atom. The topological polar surface area (TPSA) is 27.8 Å². The average molecular weight is 303 g/mol. The summed E-state index contributed by atoms with van der Waals surface area (Å²) in [7, 11) is 0. The molecule has 108 valence electrons. The van der Waals surface area contributed by atoms with E-state index in [4.69, 9.17) is 11.6 Å². The highest BCUT2D eigenvalue weighted by Crippen LogP contribution is 2.19. The maximum absolute atomic E-state index is 13.7. The van der Waals surface area contributed by atoms with Gasteiger partial charge in [0.05, 0.1) is 5.02 Å². The van der Waals surface area contributed by atoms with Crippen molar-refractivity contribution < 1.29 is 4.39 Å². The molecule has 3 aromatic rings. The molecule has 0 aliphatic rings. The van der Waals surface area contributed by atoms with Crippen molar-refractivity contribution in [3.63, 3.8) is 0 Å². The van der Waals surface area contributed by atoms with Crippen LogP contribution < -0.4 is 5.32 Å². The van der Waals surface area contributed by atoms with E-state index < -0.39 is 0 Å². The van der Waals surface area contributed by atoms with Crippen molar-refractivity contribution >= 4 is 22.5 Å². The molecule has 0 bridgehead atoms. The predicted molar refractivity (Wildman–Crippen MR) is 85.1 cm³/mol. The van der Waals surface area contributed by atoms with Gasteiger partial charge in [-0.25, -0.2) is 4.39 Å². The van der Waals surface area contributed by atoms with Gasteiger partial charge in [-0.05, 0) is 30.7 Å². The van der Waals surface area contributed by atoms with Crippen molar-refractivity contribution in [3.05, 3.63) is 70.6 Å². The Labute approximate surface area is 127 Å². The highest BCUT2D eigenvalue weighted by Gasteiger charge is 2.06. The van der Waals surface area contributed by atoms with Gasteiger partial charge in [-0.2, -0.15) is 0 Å². The fourth-order valence-corrected chi connectivity index (χ4v) is 2.66. The number of halogens is 2. The Balaban J connectivity index is 1.58. The summed E-state index contributed by atoms with van der Waals surface area (Å²) in [6.45, 7) is 1.27. The molecule has 0 saturated heterocycles. The zero-order chi connectivity index (χ0) is 14.7. The maximum Gasteiger partial charge on any atom is 0.146 e. The fraction of sp³-hybridized carbons (Fsp3) is 0.176. The van der Waals surface area contributed by atoms with Crippen LogP contribution in [0.2, 0.25) is 5.02 Å². The van der Waals surface area contributed by atoms with Crippen LogP contribution in [0.5, 0.6) is 0 Å². The molecule has 2 aromatic carbocycles. The third kappa shape index (κ3) is 3.09. The van der Waals surface area contributed by atoms with Gasteiger partial charge in [0.2, 0.25) is 0 Å². The van der Waals surface area contributed by atoms with Gasteiger partial charge >= 0.3 is 0 Å². The van der Waals surface area contributed by atoms with Gasteiger partial charge in [-0.3, -0.25) is 0 Å². The standard InChI is InChI=1S/C17H16ClFN2/c18-15-6-3-4-13(17(15)19)10-20-9-8-12-11-21-16-7-2-1-5-14(12)16/h1-7,11,20-21H,8-10H2. The largest absolute Gasteiger partial charge is 0.361 e. The molecule has 21 heavy (non-hydrogen) atoms. The lowest BCUT2D eigenvalue weighted by molar-refractivity contribution is 0.589. The maximum atomic E-state index is 13.7. The lowest BCUT2D eigenvalue weighted by atomic mass is 10.1. The van der Waals surface area contributed by atoms with Gasteiger partial charge in [-0.15, -0.1) is 0 Å². The normalized spacial score (nSPS) is 11.1. The minimum Gasteiger partial charge on any atom is -0.361 e. The molecule has 2 nitrogen and oxygen atoms in total. The fourth-order valence-electron chi connectivity index (χ4n) is 2.47. The summed E-state index contributed by atoms with van der Waals surface area (Å²) in [5.74, 6) is -0.334. The monoisotopic (exact) mass is 302 g/mol. The van der Waals surface area contributed by atoms with Crippen LogP contribution in [0.4, 0.5) is 4.39 Å². The summed E-state index contributed by atoms with van der Waals surface area (Å²) in [6, 6.07) is 13.3. The van der Waals surface area contributed by atoms with Crippen LogP contribution in [0.3, 0.4) is 0 Å². The van der Waals surface area contributed by atoms with Gasteiger partial charge in [0.25, 0.3) is 0 Å². The van der Waals surface area contributed by atoms with E-state index in [2.05, 4.69) is 22.4 Å². The minimum absolute atomic E-state index is 0.172. The Bertz CT molecular complexity index is 751. The first-order chi connectivity index (χ1) is 10.3. The van der Waals surface area contributed by atoms with Crippen LogP contribution in [0, 0.1) is 5.82 Å². The Hall–Kier alpha value is -1.84. The van der Waals surface area contributed by atoms with Crippen molar-refractivity contribution in [2.24, 2.45) is 0 Å². The lowest BCUT2D eigenvalue weighted by Gasteiger charge is -2.06. The summed E-state index contributed by atoms with van der Waals surface area (Å²) in [5, 5.41) is 4.68. The Morgan fingerprint density at radius 2 is 1.90 bits per heavy atom.